The van der Waals surface area contributed by atoms with Gasteiger partial charge >= 0.3 is 6.18 Å². The molecule has 146 valence electrons. The van der Waals surface area contributed by atoms with Crippen molar-refractivity contribution in [2.75, 3.05) is 4.90 Å². The van der Waals surface area contributed by atoms with Gasteiger partial charge in [0.2, 0.25) is 5.60 Å². The minimum atomic E-state index is -4.67. The number of alkyl halides is 3. The number of unbranched alkanes of at least 4 members (excludes halogenated alkanes) is 2. The number of rotatable bonds is 4. The first-order valence-electron chi connectivity index (χ1n) is 9.08. The van der Waals surface area contributed by atoms with Crippen molar-refractivity contribution in [2.45, 2.75) is 44.5 Å². The van der Waals surface area contributed by atoms with E-state index >= 15 is 0 Å². The maximum atomic E-state index is 13.6. The number of halogens is 3. The molecule has 1 N–H and O–H groups in total. The number of carbonyl (C=O) groups excluding carboxylic acids is 1. The Balaban J connectivity index is 2.13. The van der Waals surface area contributed by atoms with Gasteiger partial charge in [-0.3, -0.25) is 4.79 Å². The SMILES string of the molecule is CCCCC#C[C@@]1(O)C(=O)N(Cc2ccccc2)c2c(C(F)(F)F)cccc21. The fourth-order valence-electron chi connectivity index (χ4n) is 3.26. The van der Waals surface area contributed by atoms with Crippen LogP contribution in [-0.4, -0.2) is 11.0 Å². The number of aliphatic hydroxyl groups is 1. The lowest BCUT2D eigenvalue weighted by atomic mass is 9.94. The Kier molecular flexibility index (Phi) is 5.48. The molecule has 1 atom stereocenters. The van der Waals surface area contributed by atoms with Gasteiger partial charge in [0.25, 0.3) is 5.91 Å². The van der Waals surface area contributed by atoms with Crippen molar-refractivity contribution >= 4 is 11.6 Å². The highest BCUT2D eigenvalue weighted by molar-refractivity contribution is 6.09. The third-order valence-electron chi connectivity index (χ3n) is 4.66. The van der Waals surface area contributed by atoms with Crippen molar-refractivity contribution < 1.29 is 23.1 Å². The molecule has 0 spiro atoms. The Hall–Kier alpha value is -2.78. The van der Waals surface area contributed by atoms with Crippen molar-refractivity contribution in [1.29, 1.82) is 0 Å². The molecule has 6 heteroatoms. The zero-order valence-electron chi connectivity index (χ0n) is 15.4. The third-order valence-corrected chi connectivity index (χ3v) is 4.66. The zero-order valence-corrected chi connectivity index (χ0v) is 15.4. The average Bonchev–Trinajstić information content (AvgIpc) is 2.88. The van der Waals surface area contributed by atoms with Gasteiger partial charge in [-0.15, -0.1) is 0 Å². The number of para-hydroxylation sites is 1. The van der Waals surface area contributed by atoms with Crippen LogP contribution in [-0.2, 0) is 23.1 Å². The second-order valence-electron chi connectivity index (χ2n) is 6.69. The molecule has 1 aliphatic heterocycles. The van der Waals surface area contributed by atoms with Crippen LogP contribution in [0.1, 0.15) is 42.9 Å². The Bertz CT molecular complexity index is 928. The van der Waals surface area contributed by atoms with E-state index in [1.165, 1.54) is 12.1 Å². The summed E-state index contributed by atoms with van der Waals surface area (Å²) in [6.07, 6.45) is -2.54. The summed E-state index contributed by atoms with van der Waals surface area (Å²) in [5, 5.41) is 11.0. The molecule has 1 aliphatic rings. The highest BCUT2D eigenvalue weighted by Gasteiger charge is 2.52. The fraction of sp³-hybridized carbons (Fsp3) is 0.318. The van der Waals surface area contributed by atoms with E-state index in [0.29, 0.717) is 12.0 Å². The lowest BCUT2D eigenvalue weighted by Gasteiger charge is -2.21. The summed E-state index contributed by atoms with van der Waals surface area (Å²) < 4.78 is 40.9. The molecule has 0 fully saturated rings. The Morgan fingerprint density at radius 1 is 1.11 bits per heavy atom. The second-order valence-corrected chi connectivity index (χ2v) is 6.69. The first-order valence-corrected chi connectivity index (χ1v) is 9.08. The molecule has 0 saturated heterocycles. The first kappa shape index (κ1) is 20.0. The predicted molar refractivity (Wildman–Crippen MR) is 100 cm³/mol. The molecule has 1 heterocycles. The minimum Gasteiger partial charge on any atom is -0.366 e. The van der Waals surface area contributed by atoms with E-state index in [2.05, 4.69) is 11.8 Å². The number of fused-ring (bicyclic) bond motifs is 1. The molecule has 0 saturated carbocycles. The summed E-state index contributed by atoms with van der Waals surface area (Å²) in [6, 6.07) is 12.1. The first-order chi connectivity index (χ1) is 13.3. The van der Waals surface area contributed by atoms with Crippen LogP contribution in [0.5, 0.6) is 0 Å². The number of amides is 1. The van der Waals surface area contributed by atoms with Crippen LogP contribution in [0.4, 0.5) is 18.9 Å². The van der Waals surface area contributed by atoms with Gasteiger partial charge < -0.3 is 10.0 Å². The monoisotopic (exact) mass is 387 g/mol. The van der Waals surface area contributed by atoms with E-state index in [-0.39, 0.29) is 17.8 Å². The Morgan fingerprint density at radius 2 is 1.82 bits per heavy atom. The summed E-state index contributed by atoms with van der Waals surface area (Å²) in [5.41, 5.74) is -3.02. The van der Waals surface area contributed by atoms with E-state index in [1.54, 1.807) is 30.3 Å². The number of hydrogen-bond acceptors (Lipinski definition) is 2. The van der Waals surface area contributed by atoms with Crippen LogP contribution in [0.3, 0.4) is 0 Å². The van der Waals surface area contributed by atoms with Gasteiger partial charge in [0.05, 0.1) is 17.8 Å². The van der Waals surface area contributed by atoms with Crippen LogP contribution < -0.4 is 4.90 Å². The number of carbonyl (C=O) groups is 1. The Labute approximate surface area is 161 Å². The highest BCUT2D eigenvalue weighted by Crippen LogP contribution is 2.47. The summed E-state index contributed by atoms with van der Waals surface area (Å²) >= 11 is 0. The molecule has 0 aromatic heterocycles. The lowest BCUT2D eigenvalue weighted by molar-refractivity contribution is -0.137. The number of benzene rings is 2. The fourth-order valence-corrected chi connectivity index (χ4v) is 3.26. The molecule has 2 aromatic rings. The van der Waals surface area contributed by atoms with E-state index in [9.17, 15) is 23.1 Å². The molecule has 0 bridgehead atoms. The maximum Gasteiger partial charge on any atom is 0.418 e. The molecule has 3 rings (SSSR count). The molecule has 0 radical (unpaired) electrons. The average molecular weight is 387 g/mol. The van der Waals surface area contributed by atoms with Crippen LogP contribution in [0.15, 0.2) is 48.5 Å². The summed E-state index contributed by atoms with van der Waals surface area (Å²) in [7, 11) is 0. The van der Waals surface area contributed by atoms with E-state index in [1.807, 2.05) is 6.92 Å². The van der Waals surface area contributed by atoms with Gasteiger partial charge in [0.15, 0.2) is 0 Å². The van der Waals surface area contributed by atoms with Gasteiger partial charge in [0.1, 0.15) is 0 Å². The molecule has 0 aliphatic carbocycles. The van der Waals surface area contributed by atoms with E-state index in [4.69, 9.17) is 0 Å². The molecule has 1 amide bonds. The largest absolute Gasteiger partial charge is 0.418 e. The second kappa shape index (κ2) is 7.69. The predicted octanol–water partition coefficient (Wildman–Crippen LogP) is 4.63. The van der Waals surface area contributed by atoms with Gasteiger partial charge in [-0.25, -0.2) is 0 Å². The molecular weight excluding hydrogens is 367 g/mol. The number of anilines is 1. The minimum absolute atomic E-state index is 0.0846. The quantitative estimate of drug-likeness (QED) is 0.614. The lowest BCUT2D eigenvalue weighted by Crippen LogP contribution is -2.39. The standard InChI is InChI=1S/C22H20F3NO2/c1-2-3-4-8-14-21(28)17-12-9-13-18(22(23,24)25)19(17)26(20(21)27)15-16-10-6-5-7-11-16/h5-7,9-13,28H,2-4,15H2,1H3/t21-/m0/s1. The van der Waals surface area contributed by atoms with Crippen LogP contribution in [0, 0.1) is 11.8 Å². The van der Waals surface area contributed by atoms with Gasteiger partial charge in [-0.05, 0) is 18.1 Å². The van der Waals surface area contributed by atoms with Crippen molar-refractivity contribution in [1.82, 2.24) is 0 Å². The molecule has 3 nitrogen and oxygen atoms in total. The maximum absolute atomic E-state index is 13.6. The van der Waals surface area contributed by atoms with Crippen molar-refractivity contribution in [3.8, 4) is 11.8 Å². The van der Waals surface area contributed by atoms with Gasteiger partial charge in [-0.2, -0.15) is 13.2 Å². The molecule has 0 unspecified atom stereocenters. The molecular formula is C22H20F3NO2. The van der Waals surface area contributed by atoms with E-state index < -0.39 is 23.2 Å². The van der Waals surface area contributed by atoms with Crippen LogP contribution >= 0.6 is 0 Å². The molecule has 2 aromatic carbocycles. The van der Waals surface area contributed by atoms with Crippen molar-refractivity contribution in [2.24, 2.45) is 0 Å². The smallest absolute Gasteiger partial charge is 0.366 e. The third kappa shape index (κ3) is 3.63. The Morgan fingerprint density at radius 3 is 2.46 bits per heavy atom. The number of nitrogens with zero attached hydrogens (tertiary/aromatic N) is 1. The number of hydrogen-bond donors (Lipinski definition) is 1. The zero-order chi connectivity index (χ0) is 20.4. The summed E-state index contributed by atoms with van der Waals surface area (Å²) in [6.45, 7) is 1.89. The molecule has 28 heavy (non-hydrogen) atoms. The highest BCUT2D eigenvalue weighted by atomic mass is 19.4. The topological polar surface area (TPSA) is 40.5 Å². The summed E-state index contributed by atoms with van der Waals surface area (Å²) in [4.78, 5) is 14.0. The van der Waals surface area contributed by atoms with Gasteiger partial charge in [-0.1, -0.05) is 67.6 Å². The van der Waals surface area contributed by atoms with Crippen molar-refractivity contribution in [3.63, 3.8) is 0 Å². The van der Waals surface area contributed by atoms with Crippen LogP contribution in [0.25, 0.3) is 0 Å². The normalized spacial score (nSPS) is 18.6. The van der Waals surface area contributed by atoms with Crippen molar-refractivity contribution in [3.05, 3.63) is 65.2 Å². The van der Waals surface area contributed by atoms with E-state index in [0.717, 1.165) is 23.8 Å². The summed E-state index contributed by atoms with van der Waals surface area (Å²) in [5.74, 6) is 4.44. The van der Waals surface area contributed by atoms with Gasteiger partial charge in [0, 0.05) is 12.0 Å². The van der Waals surface area contributed by atoms with Crippen LogP contribution in [0.2, 0.25) is 0 Å².